The highest BCUT2D eigenvalue weighted by Gasteiger charge is 2.52. The minimum Gasteiger partial charge on any atom is -0.478 e. The lowest BCUT2D eigenvalue weighted by Crippen LogP contribution is -2.41. The van der Waals surface area contributed by atoms with Gasteiger partial charge in [0.05, 0.1) is 94.6 Å². The van der Waals surface area contributed by atoms with Crippen LogP contribution in [0.15, 0.2) is 200 Å². The van der Waals surface area contributed by atoms with Crippen LogP contribution in [0.4, 0.5) is 46.9 Å². The van der Waals surface area contributed by atoms with Crippen molar-refractivity contribution in [3.63, 3.8) is 0 Å². The molecule has 6 aromatic carbocycles. The zero-order valence-corrected chi connectivity index (χ0v) is 66.8. The summed E-state index contributed by atoms with van der Waals surface area (Å²) in [7, 11) is 2.35. The molecule has 0 bridgehead atoms. The number of nitrogen functional groups attached to an aromatic ring is 4. The number of carboxylic acid groups (broad SMARTS) is 1. The molecule has 15 rings (SSSR count). The van der Waals surface area contributed by atoms with Gasteiger partial charge in [-0.15, -0.1) is 26.3 Å². The number of carbonyl (C=O) groups excluding carboxylic acids is 3. The lowest BCUT2D eigenvalue weighted by molar-refractivity contribution is -0.276. The van der Waals surface area contributed by atoms with Crippen molar-refractivity contribution < 1.29 is 78.9 Å². The molecule has 1 saturated heterocycles. The van der Waals surface area contributed by atoms with Crippen molar-refractivity contribution in [2.75, 3.05) is 37.2 Å². The predicted octanol–water partition coefficient (Wildman–Crippen LogP) is 17.1. The molecular weight excluding hydrogens is 1640 g/mol. The van der Waals surface area contributed by atoms with Crippen molar-refractivity contribution in [3.05, 3.63) is 233 Å². The maximum atomic E-state index is 12.8. The van der Waals surface area contributed by atoms with Crippen LogP contribution in [0.2, 0.25) is 0 Å². The molecule has 0 saturated carbocycles. The summed E-state index contributed by atoms with van der Waals surface area (Å²) in [5, 5.41) is 13.8. The second kappa shape index (κ2) is 37.0. The van der Waals surface area contributed by atoms with Crippen LogP contribution in [0.1, 0.15) is 106 Å². The molecule has 12 N–H and O–H groups in total. The number of aromatic nitrogens is 8. The average Bonchev–Trinajstić information content (AvgIpc) is 1.60. The molecule has 1 aliphatic rings. The summed E-state index contributed by atoms with van der Waals surface area (Å²) in [4.78, 5) is 79.0. The van der Waals surface area contributed by atoms with E-state index in [1.54, 1.807) is 75.0 Å². The van der Waals surface area contributed by atoms with Gasteiger partial charge in [-0.1, -0.05) is 106 Å². The monoisotopic (exact) mass is 1710 g/mol. The van der Waals surface area contributed by atoms with Gasteiger partial charge in [-0.05, 0) is 165 Å². The largest absolute Gasteiger partial charge is 0.573 e. The van der Waals surface area contributed by atoms with Gasteiger partial charge in [0.25, 0.3) is 5.91 Å². The number of carboxylic acids is 1. The number of hydrogen-bond donors (Lipinski definition) is 7. The Bertz CT molecular complexity index is 5820. The summed E-state index contributed by atoms with van der Waals surface area (Å²) in [6, 6.07) is 40.1. The number of carbonyl (C=O) groups is 4. The first-order chi connectivity index (χ1) is 54.4. The average molecular weight is 1710 g/mol. The van der Waals surface area contributed by atoms with Gasteiger partial charge < -0.3 is 67.3 Å². The Hall–Kier alpha value is -11.8. The Balaban J connectivity index is 0.000000151. The standard InChI is InChI=1S/C22H17F3N4O2S.C14H11N3O2S.C13H17BN2O2S.C13H9N3O2S.C9H10F3NO.C7H6BrNO2/c1-12(16-4-2-3-5-18(16)31-22(23,24)25)28-20(30)15-8-14(10-27-11-15)13-6-7-17-19(9-13)32-21(26)29-17;1-19-13(18)10-4-9(6-16-7-10)8-2-3-11-12(5-8)20-14(15)17-11;1-12(2)13(3,4)18-14(17-12)8-5-6-9-10(7-8)19-11(15)16-9;14-13-16-10-2-1-7(4-11(10)19-13)8-3-9(12(17)18)6-15-5-8;1-6(13)7-4-2-3-5-8(7)14-9(10,11)12;1-11-7(10)5-2-6(8)4-9-3-5/h2-12H,1H3,(H2,26,29)(H,28,30);2-7H,1H3,(H2,15,17);5-7H,1-4H3,(H2,15,16);1-6H,(H2,14,16)(H,17,18);2-6H,13H2,1H3;2-4H,1H3. The Morgan fingerprint density at radius 2 is 0.835 bits per heavy atom. The SMILES string of the molecule is CC(N)c1ccccc1OC(F)(F)F.CC(NC(=O)c1cncc(-c2ccc3nc(N)sc3c2)c1)c1ccccc1OC(F)(F)F.CC1(C)OB(c2ccc3nc(N)sc3c2)OC1(C)C.COC(=O)c1cncc(-c2ccc3nc(N)sc3c2)c1.COC(=O)c1cncc(Br)c1.Nc1nc2ccc(-c3cncc(C(=O)O)c3)cc2s1. The van der Waals surface area contributed by atoms with Gasteiger partial charge >= 0.3 is 37.8 Å². The molecule has 0 spiro atoms. The zero-order valence-electron chi connectivity index (χ0n) is 62.0. The molecular formula is C78H70BBrF6N14O11S4. The van der Waals surface area contributed by atoms with Crippen LogP contribution in [-0.4, -0.2) is 114 Å². The quantitative estimate of drug-likeness (QED) is 0.0320. The fourth-order valence-corrected chi connectivity index (χ4v) is 14.3. The van der Waals surface area contributed by atoms with Gasteiger partial charge in [0.2, 0.25) is 0 Å². The van der Waals surface area contributed by atoms with E-state index in [2.05, 4.69) is 103 Å². The van der Waals surface area contributed by atoms with Crippen molar-refractivity contribution in [2.24, 2.45) is 5.73 Å². The first kappa shape index (κ1) is 85.6. The van der Waals surface area contributed by atoms with Crippen molar-refractivity contribution in [3.8, 4) is 44.9 Å². The summed E-state index contributed by atoms with van der Waals surface area (Å²) < 4.78 is 108. The normalized spacial score (nSPS) is 13.2. The van der Waals surface area contributed by atoms with Gasteiger partial charge in [0, 0.05) is 87.9 Å². The number of nitrogens with zero attached hydrogens (tertiary/aromatic N) is 8. The molecule has 115 heavy (non-hydrogen) atoms. The number of alkyl halides is 6. The molecule has 14 aromatic rings. The minimum absolute atomic E-state index is 0.168. The second-order valence-corrected chi connectivity index (χ2v) is 31.0. The lowest BCUT2D eigenvalue weighted by atomic mass is 9.79. The summed E-state index contributed by atoms with van der Waals surface area (Å²) >= 11 is 8.86. The summed E-state index contributed by atoms with van der Waals surface area (Å²) in [5.74, 6) is -2.85. The highest BCUT2D eigenvalue weighted by atomic mass is 79.9. The molecule has 37 heteroatoms. The number of hydrogen-bond acceptors (Lipinski definition) is 27. The van der Waals surface area contributed by atoms with E-state index in [4.69, 9.17) is 47.8 Å². The fourth-order valence-electron chi connectivity index (χ4n) is 10.8. The first-order valence-electron chi connectivity index (χ1n) is 34.0. The van der Waals surface area contributed by atoms with Crippen molar-refractivity contribution in [1.82, 2.24) is 45.2 Å². The number of rotatable bonds is 13. The van der Waals surface area contributed by atoms with Crippen LogP contribution in [-0.2, 0) is 18.8 Å². The number of pyridine rings is 4. The Kier molecular flexibility index (Phi) is 27.5. The van der Waals surface area contributed by atoms with E-state index in [-0.39, 0.29) is 52.5 Å². The van der Waals surface area contributed by atoms with Gasteiger partial charge in [-0.2, -0.15) is 0 Å². The Morgan fingerprint density at radius 1 is 0.478 bits per heavy atom. The van der Waals surface area contributed by atoms with Crippen LogP contribution in [0.3, 0.4) is 0 Å². The number of benzene rings is 6. The molecule has 594 valence electrons. The molecule has 1 amide bonds. The molecule has 8 aromatic heterocycles. The van der Waals surface area contributed by atoms with Crippen LogP contribution < -0.4 is 48.9 Å². The Labute approximate surface area is 677 Å². The number of methoxy groups -OCH3 is 2. The third-order valence-corrected chi connectivity index (χ3v) is 20.9. The topological polar surface area (TPSA) is 389 Å². The number of fused-ring (bicyclic) bond motifs is 4. The van der Waals surface area contributed by atoms with Crippen molar-refractivity contribution >= 4 is 159 Å². The highest BCUT2D eigenvalue weighted by molar-refractivity contribution is 9.10. The number of esters is 2. The number of amides is 1. The number of aromatic carboxylic acids is 1. The number of halogens is 7. The number of nitrogens with one attached hydrogen (secondary N) is 1. The number of nitrogens with two attached hydrogens (primary N) is 5. The summed E-state index contributed by atoms with van der Waals surface area (Å²) in [5.41, 5.74) is 39.0. The first-order valence-corrected chi connectivity index (χ1v) is 38.1. The van der Waals surface area contributed by atoms with Gasteiger partial charge in [0.15, 0.2) is 20.5 Å². The van der Waals surface area contributed by atoms with E-state index in [9.17, 15) is 45.5 Å². The second-order valence-electron chi connectivity index (χ2n) is 25.8. The van der Waals surface area contributed by atoms with Crippen molar-refractivity contribution in [2.45, 2.75) is 77.6 Å². The van der Waals surface area contributed by atoms with Crippen molar-refractivity contribution in [1.29, 1.82) is 0 Å². The Morgan fingerprint density at radius 3 is 1.24 bits per heavy atom. The van der Waals surface area contributed by atoms with E-state index in [1.165, 1.54) is 121 Å². The van der Waals surface area contributed by atoms with Gasteiger partial charge in [-0.25, -0.2) is 34.3 Å². The molecule has 1 fully saturated rings. The highest BCUT2D eigenvalue weighted by Crippen LogP contribution is 2.39. The smallest absolute Gasteiger partial charge is 0.478 e. The maximum absolute atomic E-state index is 12.8. The van der Waals surface area contributed by atoms with Crippen LogP contribution in [0.5, 0.6) is 11.5 Å². The van der Waals surface area contributed by atoms with Gasteiger partial charge in [0.1, 0.15) is 11.5 Å². The molecule has 2 unspecified atom stereocenters. The number of para-hydroxylation sites is 2. The molecule has 0 radical (unpaired) electrons. The maximum Gasteiger partial charge on any atom is 0.573 e. The molecule has 25 nitrogen and oxygen atoms in total. The molecule has 1 aliphatic heterocycles. The molecule has 9 heterocycles. The number of thiazole rings is 4. The lowest BCUT2D eigenvalue weighted by Gasteiger charge is -2.32. The third-order valence-electron chi connectivity index (χ3n) is 17.0. The van der Waals surface area contributed by atoms with Crippen LogP contribution >= 0.6 is 61.3 Å². The summed E-state index contributed by atoms with van der Waals surface area (Å²) in [6.07, 6.45) is 2.73. The predicted molar refractivity (Wildman–Crippen MR) is 438 cm³/mol. The van der Waals surface area contributed by atoms with E-state index < -0.39 is 42.7 Å². The third kappa shape index (κ3) is 23.0. The molecule has 0 aliphatic carbocycles. The molecule has 2 atom stereocenters. The van der Waals surface area contributed by atoms with E-state index >= 15 is 0 Å². The zero-order chi connectivity index (χ0) is 83.3. The number of ether oxygens (including phenoxy) is 4. The summed E-state index contributed by atoms with van der Waals surface area (Å²) in [6.45, 7) is 11.4. The van der Waals surface area contributed by atoms with E-state index in [1.807, 2.05) is 72.8 Å². The van der Waals surface area contributed by atoms with E-state index in [0.717, 1.165) is 78.6 Å². The fraction of sp³-hybridized carbons (Fsp3) is 0.179. The van der Waals surface area contributed by atoms with Crippen LogP contribution in [0.25, 0.3) is 74.2 Å². The number of anilines is 4. The van der Waals surface area contributed by atoms with E-state index in [0.29, 0.717) is 42.8 Å². The van der Waals surface area contributed by atoms with Crippen LogP contribution in [0, 0.1) is 0 Å². The van der Waals surface area contributed by atoms with Gasteiger partial charge in [-0.3, -0.25) is 24.7 Å². The minimum atomic E-state index is -4.83.